The van der Waals surface area contributed by atoms with Crippen LogP contribution in [0.25, 0.3) is 0 Å². The Labute approximate surface area is 128 Å². The number of nitrogens with one attached hydrogen (secondary N) is 2. The van der Waals surface area contributed by atoms with Crippen molar-refractivity contribution in [2.45, 2.75) is 38.6 Å². The van der Waals surface area contributed by atoms with Crippen LogP contribution in [0.2, 0.25) is 0 Å². The van der Waals surface area contributed by atoms with Gasteiger partial charge in [-0.1, -0.05) is 13.8 Å². The average molecular weight is 317 g/mol. The molecule has 1 saturated heterocycles. The van der Waals surface area contributed by atoms with Crippen LogP contribution in [-0.4, -0.2) is 58.2 Å². The van der Waals surface area contributed by atoms with E-state index in [1.807, 2.05) is 20.8 Å². The van der Waals surface area contributed by atoms with Crippen LogP contribution in [0, 0.1) is 5.92 Å². The Morgan fingerprint density at radius 3 is 2.52 bits per heavy atom. The van der Waals surface area contributed by atoms with Gasteiger partial charge in [0.1, 0.15) is 6.04 Å². The first-order chi connectivity index (χ1) is 9.88. The van der Waals surface area contributed by atoms with Gasteiger partial charge in [0.2, 0.25) is 5.91 Å². The molecular weight excluding hydrogens is 294 g/mol. The van der Waals surface area contributed by atoms with Gasteiger partial charge in [-0.05, 0) is 12.8 Å². The van der Waals surface area contributed by atoms with Crippen molar-refractivity contribution in [2.24, 2.45) is 5.92 Å². The molecule has 0 saturated carbocycles. The molecule has 0 aliphatic carbocycles. The fraction of sp³-hybridized carbons (Fsp3) is 0.769. The van der Waals surface area contributed by atoms with E-state index in [4.69, 9.17) is 0 Å². The van der Waals surface area contributed by atoms with Crippen molar-refractivity contribution >= 4 is 29.7 Å². The van der Waals surface area contributed by atoms with Crippen LogP contribution in [0.3, 0.4) is 0 Å². The van der Waals surface area contributed by atoms with Crippen molar-refractivity contribution < 1.29 is 19.5 Å². The van der Waals surface area contributed by atoms with Gasteiger partial charge in [-0.15, -0.1) is 11.8 Å². The highest BCUT2D eigenvalue weighted by molar-refractivity contribution is 8.00. The van der Waals surface area contributed by atoms with Crippen LogP contribution >= 0.6 is 11.8 Å². The number of carbonyl (C=O) groups excluding carboxylic acids is 2. The molecule has 1 heterocycles. The lowest BCUT2D eigenvalue weighted by Gasteiger charge is -2.29. The maximum absolute atomic E-state index is 12.2. The minimum atomic E-state index is -0.996. The first-order valence-corrected chi connectivity index (χ1v) is 8.10. The van der Waals surface area contributed by atoms with Crippen LogP contribution in [0.4, 0.5) is 4.79 Å². The number of carbonyl (C=O) groups is 3. The highest BCUT2D eigenvalue weighted by atomic mass is 32.2. The first-order valence-electron chi connectivity index (χ1n) is 7.05. The molecule has 21 heavy (non-hydrogen) atoms. The van der Waals surface area contributed by atoms with E-state index in [2.05, 4.69) is 10.6 Å². The molecular formula is C13H23N3O4S. The van der Waals surface area contributed by atoms with Gasteiger partial charge in [0.25, 0.3) is 0 Å². The first kappa shape index (κ1) is 17.6. The van der Waals surface area contributed by atoms with E-state index in [9.17, 15) is 19.5 Å². The molecule has 2 unspecified atom stereocenters. The van der Waals surface area contributed by atoms with Crippen molar-refractivity contribution in [1.82, 2.24) is 15.5 Å². The van der Waals surface area contributed by atoms with E-state index in [0.29, 0.717) is 12.3 Å². The number of carboxylic acids is 1. The Balaban J connectivity index is 2.59. The highest BCUT2D eigenvalue weighted by Crippen LogP contribution is 2.33. The minimum absolute atomic E-state index is 0.135. The molecule has 0 aromatic rings. The van der Waals surface area contributed by atoms with Crippen LogP contribution in [-0.2, 0) is 9.59 Å². The number of amides is 3. The SMILES string of the molecule is CCNC(=O)CCNC(=O)N1C(C(=O)O)CSC1C(C)C. The van der Waals surface area contributed by atoms with Crippen molar-refractivity contribution in [3.8, 4) is 0 Å². The van der Waals surface area contributed by atoms with Gasteiger partial charge in [-0.3, -0.25) is 9.69 Å². The summed E-state index contributed by atoms with van der Waals surface area (Å²) in [6, 6.07) is -1.23. The number of urea groups is 1. The standard InChI is InChI=1S/C13H23N3O4S/c1-4-14-10(17)5-6-15-13(20)16-9(12(18)19)7-21-11(16)8(2)3/h8-9,11H,4-7H2,1-3H3,(H,14,17)(H,15,20)(H,18,19). The molecule has 7 nitrogen and oxygen atoms in total. The summed E-state index contributed by atoms with van der Waals surface area (Å²) in [4.78, 5) is 36.2. The predicted molar refractivity (Wildman–Crippen MR) is 81.0 cm³/mol. The molecule has 2 atom stereocenters. The summed E-state index contributed by atoms with van der Waals surface area (Å²) < 4.78 is 0. The summed E-state index contributed by atoms with van der Waals surface area (Å²) in [5.74, 6) is -0.580. The maximum atomic E-state index is 12.2. The van der Waals surface area contributed by atoms with E-state index in [-0.39, 0.29) is 30.2 Å². The third-order valence-corrected chi connectivity index (χ3v) is 4.75. The largest absolute Gasteiger partial charge is 0.480 e. The number of hydrogen-bond acceptors (Lipinski definition) is 4. The van der Waals surface area contributed by atoms with Gasteiger partial charge in [0.15, 0.2) is 0 Å². The van der Waals surface area contributed by atoms with E-state index < -0.39 is 18.0 Å². The lowest BCUT2D eigenvalue weighted by atomic mass is 10.2. The molecule has 120 valence electrons. The Bertz CT molecular complexity index is 403. The topological polar surface area (TPSA) is 98.7 Å². The van der Waals surface area contributed by atoms with E-state index in [1.54, 1.807) is 0 Å². The summed E-state index contributed by atoms with van der Waals surface area (Å²) in [5, 5.41) is 14.3. The summed E-state index contributed by atoms with van der Waals surface area (Å²) in [5.41, 5.74) is 0. The third-order valence-electron chi connectivity index (χ3n) is 3.13. The van der Waals surface area contributed by atoms with Crippen molar-refractivity contribution in [3.63, 3.8) is 0 Å². The van der Waals surface area contributed by atoms with Crippen molar-refractivity contribution in [1.29, 1.82) is 0 Å². The van der Waals surface area contributed by atoms with Gasteiger partial charge in [-0.25, -0.2) is 9.59 Å². The third kappa shape index (κ3) is 4.80. The minimum Gasteiger partial charge on any atom is -0.480 e. The van der Waals surface area contributed by atoms with Crippen LogP contribution in [0.15, 0.2) is 0 Å². The van der Waals surface area contributed by atoms with E-state index in [1.165, 1.54) is 16.7 Å². The number of hydrogen-bond donors (Lipinski definition) is 3. The number of aliphatic carboxylic acids is 1. The molecule has 1 aliphatic heterocycles. The Kier molecular flexibility index (Phi) is 6.80. The van der Waals surface area contributed by atoms with Gasteiger partial charge in [0.05, 0.1) is 5.37 Å². The fourth-order valence-electron chi connectivity index (χ4n) is 2.15. The fourth-order valence-corrected chi connectivity index (χ4v) is 3.62. The van der Waals surface area contributed by atoms with Gasteiger partial charge in [0, 0.05) is 25.3 Å². The van der Waals surface area contributed by atoms with Gasteiger partial charge < -0.3 is 15.7 Å². The van der Waals surface area contributed by atoms with Crippen molar-refractivity contribution in [2.75, 3.05) is 18.8 Å². The molecule has 0 spiro atoms. The second-order valence-electron chi connectivity index (χ2n) is 5.16. The molecule has 3 amide bonds. The zero-order valence-corrected chi connectivity index (χ0v) is 13.4. The summed E-state index contributed by atoms with van der Waals surface area (Å²) in [7, 11) is 0. The number of nitrogens with zero attached hydrogens (tertiary/aromatic N) is 1. The Hall–Kier alpha value is -1.44. The molecule has 0 aromatic heterocycles. The average Bonchev–Trinajstić information content (AvgIpc) is 2.83. The van der Waals surface area contributed by atoms with Crippen LogP contribution in [0.5, 0.6) is 0 Å². The normalized spacial score (nSPS) is 21.4. The maximum Gasteiger partial charge on any atom is 0.327 e. The highest BCUT2D eigenvalue weighted by Gasteiger charge is 2.42. The van der Waals surface area contributed by atoms with Gasteiger partial charge in [-0.2, -0.15) is 0 Å². The molecule has 8 heteroatoms. The van der Waals surface area contributed by atoms with Crippen LogP contribution in [0.1, 0.15) is 27.2 Å². The van der Waals surface area contributed by atoms with E-state index >= 15 is 0 Å². The quantitative estimate of drug-likeness (QED) is 0.670. The molecule has 0 aromatic carbocycles. The lowest BCUT2D eigenvalue weighted by Crippen LogP contribution is -2.51. The molecule has 1 aliphatic rings. The van der Waals surface area contributed by atoms with Crippen LogP contribution < -0.4 is 10.6 Å². The predicted octanol–water partition coefficient (Wildman–Crippen LogP) is 0.706. The molecule has 1 fully saturated rings. The number of rotatable bonds is 6. The monoisotopic (exact) mass is 317 g/mol. The Morgan fingerprint density at radius 2 is 2.00 bits per heavy atom. The Morgan fingerprint density at radius 1 is 1.33 bits per heavy atom. The second-order valence-corrected chi connectivity index (χ2v) is 6.31. The zero-order chi connectivity index (χ0) is 16.0. The number of carboxylic acid groups (broad SMARTS) is 1. The van der Waals surface area contributed by atoms with Gasteiger partial charge >= 0.3 is 12.0 Å². The zero-order valence-electron chi connectivity index (χ0n) is 12.6. The number of thioether (sulfide) groups is 1. The molecule has 1 rings (SSSR count). The van der Waals surface area contributed by atoms with Crippen molar-refractivity contribution in [3.05, 3.63) is 0 Å². The second kappa shape index (κ2) is 8.11. The molecule has 3 N–H and O–H groups in total. The smallest absolute Gasteiger partial charge is 0.327 e. The summed E-state index contributed by atoms with van der Waals surface area (Å²) in [6.45, 7) is 6.48. The molecule has 0 bridgehead atoms. The van der Waals surface area contributed by atoms with E-state index in [0.717, 1.165) is 0 Å². The lowest BCUT2D eigenvalue weighted by molar-refractivity contribution is -0.141. The summed E-state index contributed by atoms with van der Waals surface area (Å²) in [6.07, 6.45) is 0.185. The summed E-state index contributed by atoms with van der Waals surface area (Å²) >= 11 is 1.48. The molecule has 0 radical (unpaired) electrons.